The van der Waals surface area contributed by atoms with Gasteiger partial charge in [-0.05, 0) is 58.7 Å². The van der Waals surface area contributed by atoms with Crippen LogP contribution in [-0.4, -0.2) is 0 Å². The summed E-state index contributed by atoms with van der Waals surface area (Å²) in [6.45, 7) is 7.10. The van der Waals surface area contributed by atoms with Gasteiger partial charge < -0.3 is 0 Å². The van der Waals surface area contributed by atoms with E-state index in [9.17, 15) is 0 Å². The highest BCUT2D eigenvalue weighted by atomic mass is 79.9. The van der Waals surface area contributed by atoms with Gasteiger partial charge in [-0.1, -0.05) is 42.6 Å². The first kappa shape index (κ1) is 14.1. The van der Waals surface area contributed by atoms with E-state index in [4.69, 9.17) is 0 Å². The average molecular weight is 380 g/mol. The molecule has 0 radical (unpaired) electrons. The number of rotatable bonds is 2. The zero-order valence-corrected chi connectivity index (χ0v) is 14.7. The topological polar surface area (TPSA) is 0 Å². The quantitative estimate of drug-likeness (QED) is 0.516. The largest absolute Gasteiger partial charge is 0.133 e. The second-order valence-corrected chi connectivity index (χ2v) is 9.43. The highest BCUT2D eigenvalue weighted by molar-refractivity contribution is 9.11. The number of halogens is 2. The van der Waals surface area contributed by atoms with Crippen LogP contribution >= 0.6 is 43.2 Å². The first-order valence-corrected chi connectivity index (χ1v) is 8.84. The van der Waals surface area contributed by atoms with Crippen LogP contribution in [0.4, 0.5) is 0 Å². The Balaban J connectivity index is 2.24. The molecule has 0 nitrogen and oxygen atoms in total. The van der Waals surface area contributed by atoms with E-state index >= 15 is 0 Å². The maximum atomic E-state index is 3.97. The summed E-state index contributed by atoms with van der Waals surface area (Å²) in [5.41, 5.74) is 1.95. The minimum absolute atomic E-state index is 0.466. The van der Waals surface area contributed by atoms with E-state index in [1.807, 2.05) is 11.3 Å². The maximum absolute atomic E-state index is 3.97. The summed E-state index contributed by atoms with van der Waals surface area (Å²) in [6.07, 6.45) is 5.51. The first-order chi connectivity index (χ1) is 7.92. The molecule has 1 fully saturated rings. The fraction of sp³-hybridized carbons (Fsp3) is 0.714. The Morgan fingerprint density at radius 2 is 2.12 bits per heavy atom. The fourth-order valence-electron chi connectivity index (χ4n) is 3.01. The lowest BCUT2D eigenvalue weighted by molar-refractivity contribution is 0.136. The van der Waals surface area contributed by atoms with Crippen LogP contribution in [0, 0.1) is 18.3 Å². The van der Waals surface area contributed by atoms with Gasteiger partial charge in [0, 0.05) is 9.70 Å². The number of hydrogen-bond donors (Lipinski definition) is 0. The summed E-state index contributed by atoms with van der Waals surface area (Å²) in [6, 6.07) is 2.30. The van der Waals surface area contributed by atoms with Gasteiger partial charge in [0.05, 0.1) is 3.79 Å². The molecule has 1 heterocycles. The van der Waals surface area contributed by atoms with Gasteiger partial charge in [-0.25, -0.2) is 0 Å². The second kappa shape index (κ2) is 5.34. The predicted octanol–water partition coefficient (Wildman–Crippen LogP) is 6.47. The first-order valence-electron chi connectivity index (χ1n) is 6.32. The van der Waals surface area contributed by atoms with Crippen molar-refractivity contribution in [3.63, 3.8) is 0 Å². The number of alkyl halides is 1. The Hall–Kier alpha value is 0.660. The third-order valence-corrected chi connectivity index (χ3v) is 6.87. The SMILES string of the molecule is Cc1sc(Br)cc1C(Br)C1CCCCC1(C)C. The van der Waals surface area contributed by atoms with Gasteiger partial charge in [0.15, 0.2) is 0 Å². The third-order valence-electron chi connectivity index (χ3n) is 4.17. The van der Waals surface area contributed by atoms with Crippen molar-refractivity contribution in [1.82, 2.24) is 0 Å². The number of thiophene rings is 1. The monoisotopic (exact) mass is 378 g/mol. The van der Waals surface area contributed by atoms with Crippen molar-refractivity contribution in [2.45, 2.75) is 51.3 Å². The minimum Gasteiger partial charge on any atom is -0.133 e. The van der Waals surface area contributed by atoms with E-state index in [2.05, 4.69) is 58.7 Å². The van der Waals surface area contributed by atoms with E-state index in [0.29, 0.717) is 10.2 Å². The van der Waals surface area contributed by atoms with Crippen molar-refractivity contribution < 1.29 is 0 Å². The van der Waals surface area contributed by atoms with E-state index in [1.54, 1.807) is 0 Å². The molecule has 96 valence electrons. The molecule has 0 saturated heterocycles. The van der Waals surface area contributed by atoms with Gasteiger partial charge in [0.2, 0.25) is 0 Å². The Morgan fingerprint density at radius 1 is 1.41 bits per heavy atom. The molecule has 2 unspecified atom stereocenters. The van der Waals surface area contributed by atoms with Gasteiger partial charge >= 0.3 is 0 Å². The maximum Gasteiger partial charge on any atom is 0.0704 e. The number of hydrogen-bond acceptors (Lipinski definition) is 1. The molecule has 2 atom stereocenters. The molecule has 0 spiro atoms. The summed E-state index contributed by atoms with van der Waals surface area (Å²) in [5.74, 6) is 0.761. The molecular formula is C14H20Br2S. The van der Waals surface area contributed by atoms with Crippen LogP contribution in [0.2, 0.25) is 0 Å². The average Bonchev–Trinajstić information content (AvgIpc) is 2.56. The molecule has 1 saturated carbocycles. The van der Waals surface area contributed by atoms with Crippen molar-refractivity contribution in [3.8, 4) is 0 Å². The molecule has 0 aliphatic heterocycles. The lowest BCUT2D eigenvalue weighted by atomic mass is 9.67. The summed E-state index contributed by atoms with van der Waals surface area (Å²) in [7, 11) is 0. The van der Waals surface area contributed by atoms with Crippen molar-refractivity contribution in [3.05, 3.63) is 20.3 Å². The summed E-state index contributed by atoms with van der Waals surface area (Å²) < 4.78 is 1.25. The van der Waals surface area contributed by atoms with E-state index in [0.717, 1.165) is 5.92 Å². The molecule has 0 N–H and O–H groups in total. The summed E-state index contributed by atoms with van der Waals surface area (Å²) >= 11 is 9.42. The van der Waals surface area contributed by atoms with Gasteiger partial charge in [-0.2, -0.15) is 0 Å². The van der Waals surface area contributed by atoms with Crippen LogP contribution in [0.3, 0.4) is 0 Å². The molecule has 0 bridgehead atoms. The third kappa shape index (κ3) is 2.98. The van der Waals surface area contributed by atoms with Gasteiger partial charge in [-0.15, -0.1) is 11.3 Å². The Morgan fingerprint density at radius 3 is 2.65 bits per heavy atom. The molecule has 0 aromatic carbocycles. The predicted molar refractivity (Wildman–Crippen MR) is 84.2 cm³/mol. The lowest BCUT2D eigenvalue weighted by Gasteiger charge is -2.41. The van der Waals surface area contributed by atoms with Crippen LogP contribution in [0.25, 0.3) is 0 Å². The fourth-order valence-corrected chi connectivity index (χ4v) is 6.38. The molecule has 3 heteroatoms. The standard InChI is InChI=1S/C14H20Br2S/c1-9-10(8-12(15)17-9)13(16)11-6-4-5-7-14(11,2)3/h8,11,13H,4-7H2,1-3H3. The molecule has 2 rings (SSSR count). The van der Waals surface area contributed by atoms with Gasteiger partial charge in [0.25, 0.3) is 0 Å². The summed E-state index contributed by atoms with van der Waals surface area (Å²) in [5, 5.41) is 0. The Bertz CT molecular complexity index is 395. The van der Waals surface area contributed by atoms with Crippen LogP contribution in [0.1, 0.15) is 54.8 Å². The zero-order valence-electron chi connectivity index (χ0n) is 10.7. The highest BCUT2D eigenvalue weighted by Crippen LogP contribution is 2.51. The molecular weight excluding hydrogens is 360 g/mol. The molecule has 17 heavy (non-hydrogen) atoms. The van der Waals surface area contributed by atoms with E-state index < -0.39 is 0 Å². The van der Waals surface area contributed by atoms with E-state index in [1.165, 1.54) is 39.9 Å². The molecule has 1 aromatic heterocycles. The molecule has 1 aliphatic carbocycles. The van der Waals surface area contributed by atoms with Gasteiger partial charge in [-0.3, -0.25) is 0 Å². The normalized spacial score (nSPS) is 25.8. The minimum atomic E-state index is 0.466. The highest BCUT2D eigenvalue weighted by Gasteiger charge is 2.37. The van der Waals surface area contributed by atoms with Crippen molar-refractivity contribution in [1.29, 1.82) is 0 Å². The zero-order chi connectivity index (χ0) is 12.6. The lowest BCUT2D eigenvalue weighted by Crippen LogP contribution is -2.30. The summed E-state index contributed by atoms with van der Waals surface area (Å²) in [4.78, 5) is 1.96. The molecule has 1 aliphatic rings. The molecule has 0 amide bonds. The van der Waals surface area contributed by atoms with Gasteiger partial charge in [0.1, 0.15) is 0 Å². The van der Waals surface area contributed by atoms with Crippen LogP contribution in [0.15, 0.2) is 9.85 Å². The van der Waals surface area contributed by atoms with Crippen molar-refractivity contribution >= 4 is 43.2 Å². The Kier molecular flexibility index (Phi) is 4.42. The molecule has 1 aromatic rings. The second-order valence-electron chi connectivity index (χ2n) is 5.80. The van der Waals surface area contributed by atoms with Crippen molar-refractivity contribution in [2.75, 3.05) is 0 Å². The van der Waals surface area contributed by atoms with E-state index in [-0.39, 0.29) is 0 Å². The van der Waals surface area contributed by atoms with Crippen LogP contribution < -0.4 is 0 Å². The Labute approximate surface area is 125 Å². The van der Waals surface area contributed by atoms with Crippen LogP contribution in [0.5, 0.6) is 0 Å². The smallest absolute Gasteiger partial charge is 0.0704 e. The number of aryl methyl sites for hydroxylation is 1. The van der Waals surface area contributed by atoms with Crippen molar-refractivity contribution in [2.24, 2.45) is 11.3 Å². The van der Waals surface area contributed by atoms with Crippen LogP contribution in [-0.2, 0) is 0 Å².